The van der Waals surface area contributed by atoms with Gasteiger partial charge >= 0.3 is 18.2 Å². The van der Waals surface area contributed by atoms with Crippen molar-refractivity contribution >= 4 is 36.3 Å². The van der Waals surface area contributed by atoms with Crippen molar-refractivity contribution in [2.75, 3.05) is 0 Å². The van der Waals surface area contributed by atoms with Gasteiger partial charge in [0.1, 0.15) is 0 Å². The Morgan fingerprint density at radius 3 is 2.36 bits per heavy atom. The Bertz CT molecular complexity index is 116. The molecule has 0 N–H and O–H groups in total. The van der Waals surface area contributed by atoms with Crippen LogP contribution in [0.1, 0.15) is 26.2 Å². The van der Waals surface area contributed by atoms with E-state index in [1.165, 1.54) is 0 Å². The highest BCUT2D eigenvalue weighted by molar-refractivity contribution is 7.22. The van der Waals surface area contributed by atoms with Crippen molar-refractivity contribution in [1.29, 1.82) is 0 Å². The van der Waals surface area contributed by atoms with Crippen molar-refractivity contribution in [3.05, 3.63) is 18.6 Å². The topological polar surface area (TPSA) is 0 Å². The molecule has 0 aromatic carbocycles. The van der Waals surface area contributed by atoms with Crippen LogP contribution in [0.2, 0.25) is 0 Å². The number of halogens is 2. The minimum Gasteiger partial charge on any atom is -0.309 e. The molecule has 0 aliphatic heterocycles. The molecule has 3 heteroatoms. The highest BCUT2D eigenvalue weighted by atomic mass is 35.6. The number of rotatable bonds is 3. The predicted molar refractivity (Wildman–Crippen MR) is 53.3 cm³/mol. The third-order valence-electron chi connectivity index (χ3n) is 0.838. The third kappa shape index (κ3) is 25.0. The molecule has 0 aliphatic rings. The summed E-state index contributed by atoms with van der Waals surface area (Å²) in [5, 5.41) is 0. The molecule has 0 atom stereocenters. The van der Waals surface area contributed by atoms with Gasteiger partial charge < -0.3 is 18.1 Å². The molecule has 0 fully saturated rings. The van der Waals surface area contributed by atoms with Gasteiger partial charge in [0.05, 0.1) is 0 Å². The monoisotopic (exact) mass is 201 g/mol. The lowest BCUT2D eigenvalue weighted by molar-refractivity contribution is 1.06. The first-order valence-corrected chi connectivity index (χ1v) is 7.77. The smallest absolute Gasteiger partial charge is 0.309 e. The molecule has 0 unspecified atom stereocenters. The first kappa shape index (κ1) is 14.2. The summed E-state index contributed by atoms with van der Waals surface area (Å²) < 4.78 is 0. The fourth-order valence-corrected chi connectivity index (χ4v) is 0.440. The van der Waals surface area contributed by atoms with Gasteiger partial charge in [-0.05, 0) is 19.3 Å². The zero-order chi connectivity index (χ0) is 8.95. The molecule has 0 aromatic heterocycles. The van der Waals surface area contributed by atoms with Gasteiger partial charge in [-0.15, -0.1) is 0 Å². The van der Waals surface area contributed by atoms with Crippen molar-refractivity contribution in [3.8, 4) is 5.92 Å². The fraction of sp³-hybridized carbons (Fsp3) is 0.500. The van der Waals surface area contributed by atoms with E-state index in [1.807, 2.05) is 0 Å². The van der Waals surface area contributed by atoms with Crippen molar-refractivity contribution in [1.82, 2.24) is 0 Å². The Labute approximate surface area is 86.6 Å². The minimum absolute atomic E-state index is 0.639. The summed E-state index contributed by atoms with van der Waals surface area (Å²) >= 11 is -0.639. The van der Waals surface area contributed by atoms with E-state index in [0.717, 1.165) is 19.3 Å². The maximum absolute atomic E-state index is 6.55. The van der Waals surface area contributed by atoms with Crippen LogP contribution < -0.4 is 0 Å². The first-order chi connectivity index (χ1) is 5.33. The molecule has 0 heterocycles. The van der Waals surface area contributed by atoms with Crippen LogP contribution in [0.5, 0.6) is 0 Å². The van der Waals surface area contributed by atoms with E-state index in [-0.39, 0.29) is 0 Å². The van der Waals surface area contributed by atoms with Crippen LogP contribution in [0.15, 0.2) is 12.2 Å². The second-order valence-electron chi connectivity index (χ2n) is 1.70. The Morgan fingerprint density at radius 2 is 2.00 bits per heavy atom. The highest BCUT2D eigenvalue weighted by Crippen LogP contribution is 1.89. The van der Waals surface area contributed by atoms with Gasteiger partial charge in [-0.1, -0.05) is 25.0 Å². The number of hydrogen-bond donors (Lipinski definition) is 0. The van der Waals surface area contributed by atoms with Crippen LogP contribution in [0.3, 0.4) is 0 Å². The molecule has 0 spiro atoms. The van der Waals surface area contributed by atoms with Crippen molar-refractivity contribution in [2.45, 2.75) is 26.2 Å². The summed E-state index contributed by atoms with van der Waals surface area (Å²) in [6.07, 6.45) is 13.6. The molecule has 1 radical (unpaired) electrons. The minimum atomic E-state index is -0.639. The highest BCUT2D eigenvalue weighted by Gasteiger charge is 1.71. The van der Waals surface area contributed by atoms with E-state index in [4.69, 9.17) is 24.6 Å². The Hall–Kier alpha value is 0.646. The quantitative estimate of drug-likeness (QED) is 0.285. The first-order valence-electron chi connectivity index (χ1n) is 3.50. The fourth-order valence-electron chi connectivity index (χ4n) is 0.440. The van der Waals surface area contributed by atoms with Gasteiger partial charge in [0, 0.05) is 6.42 Å². The number of unbranched alkanes of at least 4 members (excludes halogenated alkanes) is 1. The lowest BCUT2D eigenvalue weighted by Gasteiger charge is -1.79. The van der Waals surface area contributed by atoms with E-state index in [0.29, 0.717) is 0 Å². The number of hydrogen-bond acceptors (Lipinski definition) is 0. The van der Waals surface area contributed by atoms with Crippen LogP contribution in [0.25, 0.3) is 0 Å². The molecular weight excluding hydrogens is 191 g/mol. The Morgan fingerprint density at radius 1 is 1.45 bits per heavy atom. The van der Waals surface area contributed by atoms with E-state index in [2.05, 4.69) is 25.0 Å². The SMILES string of the molecule is [C]#CCC/C=C\CC.[Cl][Mg][Cl]. The zero-order valence-corrected chi connectivity index (χ0v) is 9.67. The van der Waals surface area contributed by atoms with Gasteiger partial charge in [-0.25, -0.2) is 0 Å². The molecule has 0 aliphatic carbocycles. The van der Waals surface area contributed by atoms with Crippen LogP contribution in [0, 0.1) is 12.3 Å². The lowest BCUT2D eigenvalue weighted by atomic mass is 10.3. The molecule has 0 saturated heterocycles. The maximum Gasteiger partial charge on any atom is 0.618 e. The van der Waals surface area contributed by atoms with Gasteiger partial charge in [-0.2, -0.15) is 0 Å². The average molecular weight is 202 g/mol. The van der Waals surface area contributed by atoms with Crippen LogP contribution >= 0.6 is 18.1 Å². The normalized spacial score (nSPS) is 7.82. The van der Waals surface area contributed by atoms with Gasteiger partial charge in [0.25, 0.3) is 0 Å². The second kappa shape index (κ2) is 16.9. The molecule has 0 nitrogen and oxygen atoms in total. The van der Waals surface area contributed by atoms with E-state index >= 15 is 0 Å². The summed E-state index contributed by atoms with van der Waals surface area (Å²) in [6.45, 7) is 2.10. The van der Waals surface area contributed by atoms with Crippen LogP contribution in [-0.4, -0.2) is 18.2 Å². The van der Waals surface area contributed by atoms with Gasteiger partial charge in [0.15, 0.2) is 0 Å². The number of allylic oxidation sites excluding steroid dienone is 2. The molecule has 0 aromatic rings. The Balaban J connectivity index is 0. The van der Waals surface area contributed by atoms with Crippen molar-refractivity contribution in [2.24, 2.45) is 0 Å². The van der Waals surface area contributed by atoms with Gasteiger partial charge in [0.2, 0.25) is 0 Å². The zero-order valence-electron chi connectivity index (χ0n) is 6.74. The summed E-state index contributed by atoms with van der Waals surface area (Å²) in [5.74, 6) is 2.33. The summed E-state index contributed by atoms with van der Waals surface area (Å²) in [4.78, 5) is 0. The van der Waals surface area contributed by atoms with E-state index in [9.17, 15) is 0 Å². The second-order valence-corrected chi connectivity index (χ2v) is 4.32. The largest absolute Gasteiger partial charge is 0.618 e. The molecule has 59 valence electrons. The predicted octanol–water partition coefficient (Wildman–Crippen LogP) is 3.32. The van der Waals surface area contributed by atoms with Crippen molar-refractivity contribution < 1.29 is 0 Å². The van der Waals surface area contributed by atoms with Gasteiger partial charge in [-0.3, -0.25) is 0 Å². The Kier molecular flexibility index (Phi) is 21.9. The lowest BCUT2D eigenvalue weighted by Crippen LogP contribution is -1.61. The summed E-state index contributed by atoms with van der Waals surface area (Å²) in [5.41, 5.74) is 0. The maximum atomic E-state index is 6.55. The average Bonchev–Trinajstić information content (AvgIpc) is 2.00. The molecule has 11 heavy (non-hydrogen) atoms. The third-order valence-corrected chi connectivity index (χ3v) is 0.838. The van der Waals surface area contributed by atoms with Crippen molar-refractivity contribution in [3.63, 3.8) is 0 Å². The molecule has 0 bridgehead atoms. The summed E-state index contributed by atoms with van der Waals surface area (Å²) in [7, 11) is 9.81. The molecule has 0 rings (SSSR count). The van der Waals surface area contributed by atoms with Crippen LogP contribution in [0.4, 0.5) is 0 Å². The van der Waals surface area contributed by atoms with E-state index in [1.54, 1.807) is 0 Å². The van der Waals surface area contributed by atoms with Crippen LogP contribution in [-0.2, 0) is 0 Å². The molecule has 0 saturated carbocycles. The molecule has 0 amide bonds. The van der Waals surface area contributed by atoms with E-state index < -0.39 is 18.2 Å². The summed E-state index contributed by atoms with van der Waals surface area (Å²) in [6, 6.07) is 0. The standard InChI is InChI=1S/C8H11.2ClH.Mg/c1-3-5-7-8-6-4-2;;;/h5,7H,3,6,8H2,1H3;2*1H;/q;;;+2/p-2/b7-5-;;;. The molecular formula is C8H11Cl2Mg.